The molecule has 0 amide bonds. The number of nitrogens with two attached hydrogens (primary N) is 1. The van der Waals surface area contributed by atoms with Crippen LogP contribution in [-0.4, -0.2) is 4.98 Å². The first kappa shape index (κ1) is 6.71. The fourth-order valence-electron chi connectivity index (χ4n) is 0.614. The van der Waals surface area contributed by atoms with Gasteiger partial charge in [-0.3, -0.25) is 0 Å². The van der Waals surface area contributed by atoms with E-state index in [4.69, 9.17) is 5.73 Å². The van der Waals surface area contributed by atoms with Crippen molar-refractivity contribution in [3.05, 3.63) is 16.6 Å². The fourth-order valence-corrected chi connectivity index (χ4v) is 1.23. The number of thiazole rings is 1. The Morgan fingerprint density at radius 1 is 1.89 bits per heavy atom. The van der Waals surface area contributed by atoms with Crippen LogP contribution >= 0.6 is 11.3 Å². The molecule has 0 aliphatic heterocycles. The van der Waals surface area contributed by atoms with Crippen LogP contribution in [0.1, 0.15) is 25.1 Å². The summed E-state index contributed by atoms with van der Waals surface area (Å²) in [6.07, 6.45) is 0.962. The topological polar surface area (TPSA) is 38.9 Å². The molecule has 3 heteroatoms. The molecule has 0 saturated carbocycles. The van der Waals surface area contributed by atoms with Crippen LogP contribution in [0.4, 0.5) is 0 Å². The average Bonchev–Trinajstić information content (AvgIpc) is 2.37. The minimum absolute atomic E-state index is 0.135. The van der Waals surface area contributed by atoms with Gasteiger partial charge in [-0.05, 0) is 6.42 Å². The van der Waals surface area contributed by atoms with Crippen molar-refractivity contribution < 1.29 is 0 Å². The number of rotatable bonds is 2. The third kappa shape index (κ3) is 1.50. The number of hydrogen-bond acceptors (Lipinski definition) is 3. The normalized spacial score (nSPS) is 13.6. The second-order valence-electron chi connectivity index (χ2n) is 1.93. The molecule has 50 valence electrons. The summed E-state index contributed by atoms with van der Waals surface area (Å²) in [6.45, 7) is 2.06. The lowest BCUT2D eigenvalue weighted by atomic mass is 10.2. The second kappa shape index (κ2) is 2.94. The molecule has 2 nitrogen and oxygen atoms in total. The molecule has 0 radical (unpaired) electrons. The van der Waals surface area contributed by atoms with Crippen LogP contribution in [0.25, 0.3) is 0 Å². The van der Waals surface area contributed by atoms with E-state index in [0.717, 1.165) is 12.1 Å². The molecule has 1 atom stereocenters. The molecule has 0 spiro atoms. The maximum atomic E-state index is 5.68. The van der Waals surface area contributed by atoms with Crippen molar-refractivity contribution >= 4 is 11.3 Å². The van der Waals surface area contributed by atoms with Crippen LogP contribution in [0.2, 0.25) is 0 Å². The Hall–Kier alpha value is -0.410. The summed E-state index contributed by atoms with van der Waals surface area (Å²) in [5, 5.41) is 1.99. The van der Waals surface area contributed by atoms with Gasteiger partial charge in [-0.1, -0.05) is 6.92 Å². The van der Waals surface area contributed by atoms with Crippen molar-refractivity contribution in [1.29, 1.82) is 0 Å². The van der Waals surface area contributed by atoms with Crippen molar-refractivity contribution in [2.24, 2.45) is 5.73 Å². The van der Waals surface area contributed by atoms with Crippen LogP contribution in [0.5, 0.6) is 0 Å². The molecule has 0 aliphatic carbocycles. The number of hydrogen-bond donors (Lipinski definition) is 1. The predicted octanol–water partition coefficient (Wildman–Crippen LogP) is 1.55. The van der Waals surface area contributed by atoms with Crippen molar-refractivity contribution in [3.63, 3.8) is 0 Å². The third-order valence-electron chi connectivity index (χ3n) is 1.27. The van der Waals surface area contributed by atoms with E-state index in [9.17, 15) is 0 Å². The van der Waals surface area contributed by atoms with Crippen LogP contribution in [0, 0.1) is 0 Å². The zero-order chi connectivity index (χ0) is 6.69. The van der Waals surface area contributed by atoms with Gasteiger partial charge in [-0.25, -0.2) is 4.98 Å². The molecular weight excluding hydrogens is 132 g/mol. The molecule has 0 aromatic carbocycles. The fraction of sp³-hybridized carbons (Fsp3) is 0.500. The van der Waals surface area contributed by atoms with E-state index in [2.05, 4.69) is 11.9 Å². The van der Waals surface area contributed by atoms with E-state index >= 15 is 0 Å². The van der Waals surface area contributed by atoms with Crippen molar-refractivity contribution in [1.82, 2.24) is 4.98 Å². The molecule has 2 N–H and O–H groups in total. The lowest BCUT2D eigenvalue weighted by Crippen LogP contribution is -2.08. The first-order valence-electron chi connectivity index (χ1n) is 2.98. The highest BCUT2D eigenvalue weighted by Crippen LogP contribution is 2.12. The molecule has 9 heavy (non-hydrogen) atoms. The summed E-state index contributed by atoms with van der Waals surface area (Å²) < 4.78 is 0. The van der Waals surface area contributed by atoms with Crippen molar-refractivity contribution in [3.8, 4) is 0 Å². The number of aromatic nitrogens is 1. The molecular formula is C6H10N2S. The van der Waals surface area contributed by atoms with Gasteiger partial charge < -0.3 is 5.73 Å². The summed E-state index contributed by atoms with van der Waals surface area (Å²) in [6, 6.07) is 0.135. The van der Waals surface area contributed by atoms with E-state index in [1.54, 1.807) is 11.3 Å². The Morgan fingerprint density at radius 2 is 2.67 bits per heavy atom. The summed E-state index contributed by atoms with van der Waals surface area (Å²) in [5.74, 6) is 0. The Morgan fingerprint density at radius 3 is 3.11 bits per heavy atom. The van der Waals surface area contributed by atoms with Crippen molar-refractivity contribution in [2.75, 3.05) is 0 Å². The maximum absolute atomic E-state index is 5.68. The molecule has 1 heterocycles. The van der Waals surface area contributed by atoms with Crippen LogP contribution in [-0.2, 0) is 0 Å². The Balaban J connectivity index is 2.65. The molecule has 1 rings (SSSR count). The lowest BCUT2D eigenvalue weighted by Gasteiger charge is -2.01. The van der Waals surface area contributed by atoms with Crippen LogP contribution in [0.15, 0.2) is 10.9 Å². The maximum Gasteiger partial charge on any atom is 0.0795 e. The molecule has 0 bridgehead atoms. The summed E-state index contributed by atoms with van der Waals surface area (Å²) >= 11 is 1.59. The van der Waals surface area contributed by atoms with Gasteiger partial charge in [0.2, 0.25) is 0 Å². The van der Waals surface area contributed by atoms with Gasteiger partial charge in [-0.2, -0.15) is 0 Å². The molecule has 1 aromatic rings. The van der Waals surface area contributed by atoms with Gasteiger partial charge in [0, 0.05) is 11.4 Å². The Kier molecular flexibility index (Phi) is 2.19. The zero-order valence-corrected chi connectivity index (χ0v) is 6.19. The van der Waals surface area contributed by atoms with Gasteiger partial charge in [0.15, 0.2) is 0 Å². The average molecular weight is 142 g/mol. The van der Waals surface area contributed by atoms with Crippen LogP contribution < -0.4 is 5.73 Å². The third-order valence-corrected chi connectivity index (χ3v) is 1.88. The van der Waals surface area contributed by atoms with Gasteiger partial charge in [0.05, 0.1) is 11.2 Å². The summed E-state index contributed by atoms with van der Waals surface area (Å²) in [5.41, 5.74) is 8.51. The Labute approximate surface area is 58.7 Å². The van der Waals surface area contributed by atoms with E-state index in [0.29, 0.717) is 0 Å². The van der Waals surface area contributed by atoms with Crippen LogP contribution in [0.3, 0.4) is 0 Å². The van der Waals surface area contributed by atoms with Gasteiger partial charge in [0.1, 0.15) is 0 Å². The SMILES string of the molecule is CCC(N)c1cscn1. The second-order valence-corrected chi connectivity index (χ2v) is 2.65. The molecule has 1 aromatic heterocycles. The number of nitrogens with zero attached hydrogens (tertiary/aromatic N) is 1. The smallest absolute Gasteiger partial charge is 0.0795 e. The molecule has 0 fully saturated rings. The summed E-state index contributed by atoms with van der Waals surface area (Å²) in [7, 11) is 0. The highest BCUT2D eigenvalue weighted by Gasteiger charge is 2.02. The lowest BCUT2D eigenvalue weighted by molar-refractivity contribution is 0.680. The van der Waals surface area contributed by atoms with E-state index in [1.807, 2.05) is 10.9 Å². The molecule has 0 aliphatic rings. The van der Waals surface area contributed by atoms with Gasteiger partial charge in [-0.15, -0.1) is 11.3 Å². The summed E-state index contributed by atoms with van der Waals surface area (Å²) in [4.78, 5) is 4.08. The minimum atomic E-state index is 0.135. The zero-order valence-electron chi connectivity index (χ0n) is 5.37. The highest BCUT2D eigenvalue weighted by molar-refractivity contribution is 7.07. The van der Waals surface area contributed by atoms with E-state index in [-0.39, 0.29) is 6.04 Å². The molecule has 0 saturated heterocycles. The largest absolute Gasteiger partial charge is 0.323 e. The monoisotopic (exact) mass is 142 g/mol. The Bertz CT molecular complexity index is 160. The standard InChI is InChI=1S/C6H10N2S/c1-2-5(7)6-3-9-4-8-6/h3-5H,2,7H2,1H3. The van der Waals surface area contributed by atoms with Gasteiger partial charge >= 0.3 is 0 Å². The predicted molar refractivity (Wildman–Crippen MR) is 39.3 cm³/mol. The van der Waals surface area contributed by atoms with Gasteiger partial charge in [0.25, 0.3) is 0 Å². The molecule has 1 unspecified atom stereocenters. The van der Waals surface area contributed by atoms with E-state index in [1.165, 1.54) is 0 Å². The highest BCUT2D eigenvalue weighted by atomic mass is 32.1. The minimum Gasteiger partial charge on any atom is -0.323 e. The van der Waals surface area contributed by atoms with Crippen molar-refractivity contribution in [2.45, 2.75) is 19.4 Å². The quantitative estimate of drug-likeness (QED) is 0.680. The van der Waals surface area contributed by atoms with E-state index < -0.39 is 0 Å². The first-order chi connectivity index (χ1) is 4.34. The first-order valence-corrected chi connectivity index (χ1v) is 3.92.